The first-order valence-corrected chi connectivity index (χ1v) is 5.63. The molecular weight excluding hydrogens is 328 g/mol. The molecule has 1 aromatic heterocycles. The average Bonchev–Trinajstić information content (AvgIpc) is 2.88. The number of carbonyl (C=O) groups is 1. The van der Waals surface area contributed by atoms with Crippen LogP contribution < -0.4 is 0 Å². The predicted molar refractivity (Wildman–Crippen MR) is 55.1 cm³/mol. The van der Waals surface area contributed by atoms with Gasteiger partial charge in [0.2, 0.25) is 0 Å². The molecule has 2 rings (SSSR count). The molecule has 9 heteroatoms. The number of halogens is 5. The maximum absolute atomic E-state index is 12.4. The second-order valence-electron chi connectivity index (χ2n) is 3.65. The summed E-state index contributed by atoms with van der Waals surface area (Å²) in [5.74, 6) is -2.87. The van der Waals surface area contributed by atoms with E-state index in [4.69, 9.17) is 16.7 Å². The van der Waals surface area contributed by atoms with Crippen molar-refractivity contribution in [2.45, 2.75) is 18.6 Å². The second kappa shape index (κ2) is 3.88. The number of aromatic carboxylic acids is 1. The summed E-state index contributed by atoms with van der Waals surface area (Å²) in [7, 11) is 0. The Hall–Kier alpha value is -0.760. The molecule has 1 saturated carbocycles. The number of alkyl halides is 3. The van der Waals surface area contributed by atoms with Crippen LogP contribution >= 0.6 is 27.5 Å². The van der Waals surface area contributed by atoms with Gasteiger partial charge in [-0.1, -0.05) is 11.6 Å². The van der Waals surface area contributed by atoms with E-state index >= 15 is 0 Å². The second-order valence-corrected chi connectivity index (χ2v) is 4.71. The van der Waals surface area contributed by atoms with Gasteiger partial charge < -0.3 is 9.67 Å². The number of aromatic nitrogens is 2. The van der Waals surface area contributed by atoms with Crippen LogP contribution in [0.4, 0.5) is 13.2 Å². The topological polar surface area (TPSA) is 55.1 Å². The fourth-order valence-corrected chi connectivity index (χ4v) is 2.67. The number of nitrogens with zero attached hydrogens (tertiary/aromatic N) is 2. The average molecular weight is 333 g/mol. The monoisotopic (exact) mass is 332 g/mol. The Morgan fingerprint density at radius 2 is 2.18 bits per heavy atom. The van der Waals surface area contributed by atoms with Gasteiger partial charge in [-0.2, -0.15) is 13.2 Å². The number of hydrogen-bond acceptors (Lipinski definition) is 2. The van der Waals surface area contributed by atoms with Gasteiger partial charge in [0.25, 0.3) is 0 Å². The van der Waals surface area contributed by atoms with Crippen LogP contribution in [0.5, 0.6) is 0 Å². The Bertz CT molecular complexity index is 488. The first kappa shape index (κ1) is 12.7. The summed E-state index contributed by atoms with van der Waals surface area (Å²) in [6.07, 6.45) is -4.42. The molecule has 1 aliphatic carbocycles. The van der Waals surface area contributed by atoms with E-state index in [9.17, 15) is 18.0 Å². The lowest BCUT2D eigenvalue weighted by molar-refractivity contribution is -0.150. The van der Waals surface area contributed by atoms with Crippen LogP contribution in [0, 0.1) is 5.92 Å². The van der Waals surface area contributed by atoms with E-state index in [0.717, 1.165) is 4.57 Å². The number of rotatable bonds is 2. The number of carboxylic acids is 1. The van der Waals surface area contributed by atoms with Crippen molar-refractivity contribution in [3.05, 3.63) is 15.6 Å². The lowest BCUT2D eigenvalue weighted by atomic mass is 10.4. The van der Waals surface area contributed by atoms with E-state index in [1.165, 1.54) is 0 Å². The largest absolute Gasteiger partial charge is 0.476 e. The van der Waals surface area contributed by atoms with Crippen molar-refractivity contribution in [1.29, 1.82) is 0 Å². The van der Waals surface area contributed by atoms with Gasteiger partial charge in [-0.15, -0.1) is 0 Å². The third-order valence-corrected chi connectivity index (χ3v) is 3.44. The van der Waals surface area contributed by atoms with Crippen molar-refractivity contribution in [3.63, 3.8) is 0 Å². The molecular formula is C8H5BrClF3N2O2. The normalized spacial score (nSPS) is 23.8. The Balaban J connectivity index is 2.33. The van der Waals surface area contributed by atoms with Gasteiger partial charge in [0.1, 0.15) is 5.15 Å². The lowest BCUT2D eigenvalue weighted by Gasteiger charge is -2.07. The fourth-order valence-electron chi connectivity index (χ4n) is 1.62. The van der Waals surface area contributed by atoms with Gasteiger partial charge in [0, 0.05) is 6.04 Å². The molecule has 1 aromatic rings. The molecule has 1 N–H and O–H groups in total. The summed E-state index contributed by atoms with van der Waals surface area (Å²) in [6.45, 7) is 0. The smallest absolute Gasteiger partial charge is 0.393 e. The minimum atomic E-state index is -4.30. The minimum Gasteiger partial charge on any atom is -0.476 e. The molecule has 2 atom stereocenters. The third-order valence-electron chi connectivity index (χ3n) is 2.52. The van der Waals surface area contributed by atoms with Crippen molar-refractivity contribution in [2.24, 2.45) is 5.92 Å². The van der Waals surface area contributed by atoms with Gasteiger partial charge in [-0.3, -0.25) is 0 Å². The van der Waals surface area contributed by atoms with Crippen LogP contribution in [-0.4, -0.2) is 26.8 Å². The molecule has 4 nitrogen and oxygen atoms in total. The maximum Gasteiger partial charge on any atom is 0.393 e. The zero-order chi connectivity index (χ0) is 13.0. The Morgan fingerprint density at radius 1 is 1.59 bits per heavy atom. The van der Waals surface area contributed by atoms with Gasteiger partial charge in [0.15, 0.2) is 10.4 Å². The van der Waals surface area contributed by atoms with Crippen LogP contribution in [0.25, 0.3) is 0 Å². The van der Waals surface area contributed by atoms with Crippen molar-refractivity contribution in [2.75, 3.05) is 0 Å². The summed E-state index contributed by atoms with van der Waals surface area (Å²) >= 11 is 8.61. The van der Waals surface area contributed by atoms with Crippen LogP contribution in [0.2, 0.25) is 5.15 Å². The number of imidazole rings is 1. The molecule has 1 fully saturated rings. The first-order valence-electron chi connectivity index (χ1n) is 4.46. The Kier molecular flexibility index (Phi) is 2.89. The molecule has 0 amide bonds. The molecule has 0 aromatic carbocycles. The summed E-state index contributed by atoms with van der Waals surface area (Å²) in [6, 6.07) is -0.877. The van der Waals surface area contributed by atoms with E-state index in [2.05, 4.69) is 20.9 Å². The van der Waals surface area contributed by atoms with E-state index in [0.29, 0.717) is 0 Å². The quantitative estimate of drug-likeness (QED) is 0.905. The zero-order valence-electron chi connectivity index (χ0n) is 8.00. The number of carboxylic acid groups (broad SMARTS) is 1. The zero-order valence-corrected chi connectivity index (χ0v) is 10.3. The van der Waals surface area contributed by atoms with Crippen LogP contribution in [0.1, 0.15) is 23.0 Å². The summed E-state index contributed by atoms with van der Waals surface area (Å²) in [5, 5.41) is 8.44. The highest BCUT2D eigenvalue weighted by Crippen LogP contribution is 2.55. The standard InChI is InChI=1S/C8H5BrClF3N2O2/c9-7-14-4(6(16)17)5(10)15(7)3-1-2(3)8(11,12)13/h2-3H,1H2,(H,16,17)/t2?,3-/m0/s1. The molecule has 1 heterocycles. The third kappa shape index (κ3) is 2.15. The Morgan fingerprint density at radius 3 is 2.53 bits per heavy atom. The SMILES string of the molecule is O=C(O)c1nc(Br)n([C@H]2CC2C(F)(F)F)c1Cl. The van der Waals surface area contributed by atoms with E-state index in [1.807, 2.05) is 0 Å². The molecule has 17 heavy (non-hydrogen) atoms. The van der Waals surface area contributed by atoms with Crippen molar-refractivity contribution in [1.82, 2.24) is 9.55 Å². The summed E-state index contributed by atoms with van der Waals surface area (Å²) in [5.41, 5.74) is -0.452. The molecule has 0 bridgehead atoms. The molecule has 0 radical (unpaired) electrons. The molecule has 0 aliphatic heterocycles. The van der Waals surface area contributed by atoms with Gasteiger partial charge >= 0.3 is 12.1 Å². The van der Waals surface area contributed by atoms with Crippen molar-refractivity contribution < 1.29 is 23.1 Å². The first-order chi connectivity index (χ1) is 7.73. The molecule has 0 saturated heterocycles. The molecule has 1 unspecified atom stereocenters. The highest BCUT2D eigenvalue weighted by Gasteiger charge is 2.57. The summed E-state index contributed by atoms with van der Waals surface area (Å²) < 4.78 is 38.2. The maximum atomic E-state index is 12.4. The van der Waals surface area contributed by atoms with E-state index < -0.39 is 29.8 Å². The Labute approximate surface area is 107 Å². The van der Waals surface area contributed by atoms with E-state index in [1.54, 1.807) is 0 Å². The van der Waals surface area contributed by atoms with Crippen molar-refractivity contribution in [3.8, 4) is 0 Å². The highest BCUT2D eigenvalue weighted by molar-refractivity contribution is 9.10. The molecule has 1 aliphatic rings. The number of hydrogen-bond donors (Lipinski definition) is 1. The predicted octanol–water partition coefficient (Wildman–Crippen LogP) is 3.12. The lowest BCUT2D eigenvalue weighted by Crippen LogP contribution is -2.13. The molecule has 0 spiro atoms. The van der Waals surface area contributed by atoms with Crippen molar-refractivity contribution >= 4 is 33.5 Å². The fraction of sp³-hybridized carbons (Fsp3) is 0.500. The van der Waals surface area contributed by atoms with Gasteiger partial charge in [0.05, 0.1) is 5.92 Å². The minimum absolute atomic E-state index is 0.00310. The van der Waals surface area contributed by atoms with Crippen LogP contribution in [-0.2, 0) is 0 Å². The van der Waals surface area contributed by atoms with Gasteiger partial charge in [-0.05, 0) is 22.4 Å². The molecule has 94 valence electrons. The van der Waals surface area contributed by atoms with Crippen LogP contribution in [0.3, 0.4) is 0 Å². The van der Waals surface area contributed by atoms with Gasteiger partial charge in [-0.25, -0.2) is 9.78 Å². The highest BCUT2D eigenvalue weighted by atomic mass is 79.9. The van der Waals surface area contributed by atoms with E-state index in [-0.39, 0.29) is 16.3 Å². The summed E-state index contributed by atoms with van der Waals surface area (Å²) in [4.78, 5) is 14.3. The van der Waals surface area contributed by atoms with Crippen LogP contribution in [0.15, 0.2) is 4.73 Å².